The summed E-state index contributed by atoms with van der Waals surface area (Å²) in [5, 5.41) is 0. The van der Waals surface area contributed by atoms with E-state index in [1.165, 1.54) is 45.6 Å². The molecule has 1 aromatic rings. The van der Waals surface area contributed by atoms with Crippen LogP contribution >= 0.6 is 0 Å². The molecule has 134 valence electrons. The van der Waals surface area contributed by atoms with E-state index in [1.54, 1.807) is 24.3 Å². The Morgan fingerprint density at radius 1 is 1.04 bits per heavy atom. The standard InChI is InChI=1S/C20H26N2O3/c1-25-17-5-3-2-4-16(17)19(24)22-21-18(23)12-20-9-13-6-14(10-20)8-15(7-13)11-20/h2-5,13-15H,6-12H2,1H3,(H,21,23)(H,22,24). The number of benzene rings is 1. The van der Waals surface area contributed by atoms with Crippen LogP contribution in [0.25, 0.3) is 0 Å². The topological polar surface area (TPSA) is 67.4 Å². The van der Waals surface area contributed by atoms with Crippen LogP contribution in [0.1, 0.15) is 55.3 Å². The molecule has 0 spiro atoms. The monoisotopic (exact) mass is 342 g/mol. The average molecular weight is 342 g/mol. The van der Waals surface area contributed by atoms with Gasteiger partial charge in [-0.15, -0.1) is 0 Å². The molecule has 5 heteroatoms. The lowest BCUT2D eigenvalue weighted by Crippen LogP contribution is -2.50. The molecule has 0 aromatic heterocycles. The fourth-order valence-electron chi connectivity index (χ4n) is 5.92. The van der Waals surface area contributed by atoms with Crippen LogP contribution in [-0.4, -0.2) is 18.9 Å². The fourth-order valence-corrected chi connectivity index (χ4v) is 5.92. The molecule has 5 nitrogen and oxygen atoms in total. The molecule has 0 unspecified atom stereocenters. The minimum absolute atomic E-state index is 0.0785. The Balaban J connectivity index is 1.34. The van der Waals surface area contributed by atoms with Crippen LogP contribution in [0.4, 0.5) is 0 Å². The molecule has 0 heterocycles. The minimum Gasteiger partial charge on any atom is -0.496 e. The molecule has 0 aliphatic heterocycles. The number of rotatable bonds is 4. The van der Waals surface area contributed by atoms with Crippen LogP contribution in [0.15, 0.2) is 24.3 Å². The summed E-state index contributed by atoms with van der Waals surface area (Å²) in [5.41, 5.74) is 5.74. The smallest absolute Gasteiger partial charge is 0.273 e. The Morgan fingerprint density at radius 3 is 2.24 bits per heavy atom. The van der Waals surface area contributed by atoms with Gasteiger partial charge in [0.15, 0.2) is 0 Å². The predicted octanol–water partition coefficient (Wildman–Crippen LogP) is 3.06. The molecule has 25 heavy (non-hydrogen) atoms. The van der Waals surface area contributed by atoms with Gasteiger partial charge in [0.05, 0.1) is 12.7 Å². The highest BCUT2D eigenvalue weighted by molar-refractivity contribution is 5.97. The summed E-state index contributed by atoms with van der Waals surface area (Å²) < 4.78 is 5.19. The third-order valence-corrected chi connectivity index (χ3v) is 6.37. The fraction of sp³-hybridized carbons (Fsp3) is 0.600. The van der Waals surface area contributed by atoms with Gasteiger partial charge in [-0.25, -0.2) is 0 Å². The molecule has 4 aliphatic rings. The Hall–Kier alpha value is -2.04. The first-order valence-electron chi connectivity index (χ1n) is 9.29. The summed E-state index contributed by atoms with van der Waals surface area (Å²) in [6, 6.07) is 6.99. The van der Waals surface area contributed by atoms with Gasteiger partial charge in [-0.3, -0.25) is 20.4 Å². The number of carbonyl (C=O) groups excluding carboxylic acids is 2. The van der Waals surface area contributed by atoms with Crippen molar-refractivity contribution in [1.29, 1.82) is 0 Å². The molecule has 0 atom stereocenters. The molecular formula is C20H26N2O3. The van der Waals surface area contributed by atoms with Crippen LogP contribution in [0, 0.1) is 23.2 Å². The van der Waals surface area contributed by atoms with E-state index in [9.17, 15) is 9.59 Å². The minimum atomic E-state index is -0.351. The van der Waals surface area contributed by atoms with E-state index in [4.69, 9.17) is 4.74 Å². The van der Waals surface area contributed by atoms with Crippen molar-refractivity contribution in [2.75, 3.05) is 7.11 Å². The van der Waals surface area contributed by atoms with Crippen LogP contribution in [0.5, 0.6) is 5.75 Å². The normalized spacial score (nSPS) is 32.3. The number of hydrogen-bond donors (Lipinski definition) is 2. The summed E-state index contributed by atoms with van der Waals surface area (Å²) in [6.45, 7) is 0. The lowest BCUT2D eigenvalue weighted by molar-refractivity contribution is -0.130. The van der Waals surface area contributed by atoms with E-state index >= 15 is 0 Å². The Kier molecular flexibility index (Phi) is 4.18. The maximum absolute atomic E-state index is 12.5. The van der Waals surface area contributed by atoms with Crippen molar-refractivity contribution < 1.29 is 14.3 Å². The molecule has 4 fully saturated rings. The molecule has 1 aromatic carbocycles. The largest absolute Gasteiger partial charge is 0.496 e. The SMILES string of the molecule is COc1ccccc1C(=O)NNC(=O)CC12CC3CC(CC(C3)C1)C2. The van der Waals surface area contributed by atoms with Crippen molar-refractivity contribution >= 4 is 11.8 Å². The second-order valence-electron chi connectivity index (χ2n) is 8.30. The van der Waals surface area contributed by atoms with E-state index in [2.05, 4.69) is 10.9 Å². The van der Waals surface area contributed by atoms with Gasteiger partial charge in [-0.2, -0.15) is 0 Å². The summed E-state index contributed by atoms with van der Waals surface area (Å²) in [6.07, 6.45) is 8.19. The van der Waals surface area contributed by atoms with E-state index in [-0.39, 0.29) is 17.2 Å². The van der Waals surface area contributed by atoms with E-state index < -0.39 is 0 Å². The van der Waals surface area contributed by atoms with E-state index in [0.717, 1.165) is 17.8 Å². The second kappa shape index (κ2) is 6.36. The van der Waals surface area contributed by atoms with Crippen molar-refractivity contribution in [2.24, 2.45) is 23.2 Å². The molecule has 0 saturated heterocycles. The van der Waals surface area contributed by atoms with Gasteiger partial charge in [-0.1, -0.05) is 12.1 Å². The Morgan fingerprint density at radius 2 is 1.64 bits per heavy atom. The molecule has 5 rings (SSSR count). The number of hydrogen-bond acceptors (Lipinski definition) is 3. The highest BCUT2D eigenvalue weighted by Crippen LogP contribution is 2.61. The van der Waals surface area contributed by atoms with Crippen LogP contribution in [0.3, 0.4) is 0 Å². The molecule has 4 saturated carbocycles. The maximum Gasteiger partial charge on any atom is 0.273 e. The first-order valence-corrected chi connectivity index (χ1v) is 9.29. The molecule has 2 N–H and O–H groups in total. The quantitative estimate of drug-likeness (QED) is 0.827. The molecule has 2 amide bonds. The number of hydrazine groups is 1. The van der Waals surface area contributed by atoms with Crippen LogP contribution < -0.4 is 15.6 Å². The van der Waals surface area contributed by atoms with E-state index in [1.807, 2.05) is 0 Å². The van der Waals surface area contributed by atoms with Crippen molar-refractivity contribution in [3.8, 4) is 5.75 Å². The Bertz CT molecular complexity index is 650. The van der Waals surface area contributed by atoms with Crippen molar-refractivity contribution in [1.82, 2.24) is 10.9 Å². The highest BCUT2D eigenvalue weighted by atomic mass is 16.5. The van der Waals surface area contributed by atoms with Gasteiger partial charge < -0.3 is 4.74 Å². The predicted molar refractivity (Wildman–Crippen MR) is 93.8 cm³/mol. The zero-order valence-electron chi connectivity index (χ0n) is 14.7. The Labute approximate surface area is 148 Å². The van der Waals surface area contributed by atoms with Gasteiger partial charge >= 0.3 is 0 Å². The highest BCUT2D eigenvalue weighted by Gasteiger charge is 2.51. The second-order valence-corrected chi connectivity index (χ2v) is 8.30. The molecular weight excluding hydrogens is 316 g/mol. The van der Waals surface area contributed by atoms with Gasteiger partial charge in [0, 0.05) is 6.42 Å². The zero-order chi connectivity index (χ0) is 17.4. The summed E-state index contributed by atoms with van der Waals surface area (Å²) >= 11 is 0. The molecule has 4 aliphatic carbocycles. The zero-order valence-corrected chi connectivity index (χ0v) is 14.7. The van der Waals surface area contributed by atoms with Crippen molar-refractivity contribution in [3.63, 3.8) is 0 Å². The number of ether oxygens (including phenoxy) is 1. The third kappa shape index (κ3) is 3.24. The van der Waals surface area contributed by atoms with Crippen LogP contribution in [0.2, 0.25) is 0 Å². The van der Waals surface area contributed by atoms with E-state index in [0.29, 0.717) is 17.7 Å². The molecule has 0 radical (unpaired) electrons. The summed E-state index contributed by atoms with van der Waals surface area (Å²) in [4.78, 5) is 24.7. The van der Waals surface area contributed by atoms with Gasteiger partial charge in [0.2, 0.25) is 5.91 Å². The van der Waals surface area contributed by atoms with Gasteiger partial charge in [0.25, 0.3) is 5.91 Å². The number of nitrogens with one attached hydrogen (secondary N) is 2. The summed E-state index contributed by atoms with van der Waals surface area (Å²) in [7, 11) is 1.53. The lowest BCUT2D eigenvalue weighted by Gasteiger charge is -2.56. The third-order valence-electron chi connectivity index (χ3n) is 6.37. The first kappa shape index (κ1) is 16.4. The van der Waals surface area contributed by atoms with Crippen molar-refractivity contribution in [3.05, 3.63) is 29.8 Å². The number of carbonyl (C=O) groups is 2. The number of para-hydroxylation sites is 1. The number of amides is 2. The van der Waals surface area contributed by atoms with Crippen molar-refractivity contribution in [2.45, 2.75) is 44.9 Å². The summed E-state index contributed by atoms with van der Waals surface area (Å²) in [5.74, 6) is 2.53. The van der Waals surface area contributed by atoms with Gasteiger partial charge in [0.1, 0.15) is 5.75 Å². The first-order chi connectivity index (χ1) is 12.1. The van der Waals surface area contributed by atoms with Gasteiger partial charge in [-0.05, 0) is 73.8 Å². The van der Waals surface area contributed by atoms with Crippen LogP contribution in [-0.2, 0) is 4.79 Å². The average Bonchev–Trinajstić information content (AvgIpc) is 2.58. The lowest BCUT2D eigenvalue weighted by atomic mass is 9.49. The maximum atomic E-state index is 12.5. The molecule has 4 bridgehead atoms. The number of methoxy groups -OCH3 is 1.